The van der Waals surface area contributed by atoms with Crippen molar-refractivity contribution < 1.29 is 14.3 Å². The highest BCUT2D eigenvalue weighted by Crippen LogP contribution is 2.21. The zero-order valence-electron chi connectivity index (χ0n) is 17.1. The van der Waals surface area contributed by atoms with Crippen LogP contribution in [0.25, 0.3) is 0 Å². The second-order valence-corrected chi connectivity index (χ2v) is 8.01. The molecule has 2 aromatic rings. The lowest BCUT2D eigenvalue weighted by molar-refractivity contribution is -0.127. The summed E-state index contributed by atoms with van der Waals surface area (Å²) >= 11 is 5.95. The maximum absolute atomic E-state index is 12.6. The molecule has 0 saturated carbocycles. The lowest BCUT2D eigenvalue weighted by Gasteiger charge is -2.31. The molecule has 0 aliphatic carbocycles. The van der Waals surface area contributed by atoms with Crippen molar-refractivity contribution in [3.05, 3.63) is 59.1 Å². The number of hydrogen-bond acceptors (Lipinski definition) is 4. The van der Waals surface area contributed by atoms with Crippen LogP contribution in [0.4, 0.5) is 0 Å². The number of rotatable bonds is 8. The van der Waals surface area contributed by atoms with E-state index < -0.39 is 0 Å². The predicted octanol–water partition coefficient (Wildman–Crippen LogP) is 4.14. The van der Waals surface area contributed by atoms with Crippen LogP contribution in [-0.2, 0) is 11.3 Å². The van der Waals surface area contributed by atoms with E-state index >= 15 is 0 Å². The minimum Gasteiger partial charge on any atom is -0.497 e. The van der Waals surface area contributed by atoms with E-state index in [1.54, 1.807) is 7.11 Å². The van der Waals surface area contributed by atoms with E-state index in [2.05, 4.69) is 22.3 Å². The van der Waals surface area contributed by atoms with Gasteiger partial charge in [0.1, 0.15) is 18.1 Å². The van der Waals surface area contributed by atoms with Crippen LogP contribution in [0.2, 0.25) is 5.02 Å². The van der Waals surface area contributed by atoms with Crippen molar-refractivity contribution in [3.8, 4) is 11.5 Å². The number of likely N-dealkylation sites (tertiary alicyclic amines) is 1. The van der Waals surface area contributed by atoms with Crippen molar-refractivity contribution in [1.29, 1.82) is 0 Å². The van der Waals surface area contributed by atoms with Gasteiger partial charge in [-0.3, -0.25) is 9.69 Å². The lowest BCUT2D eigenvalue weighted by Crippen LogP contribution is -2.44. The van der Waals surface area contributed by atoms with Gasteiger partial charge in [-0.2, -0.15) is 0 Å². The Morgan fingerprint density at radius 3 is 2.34 bits per heavy atom. The third-order valence-corrected chi connectivity index (χ3v) is 5.48. The summed E-state index contributed by atoms with van der Waals surface area (Å²) in [5, 5.41) is 3.85. The standard InChI is InChI=1S/C23H29ClN2O3/c1-17(16-29-22-9-7-21(28-2)8-10-22)25-23(27)19-11-13-26(14-12-19)15-18-3-5-20(24)6-4-18/h3-10,17,19H,11-16H2,1-2H3,(H,25,27)/t17-/m1/s1. The first-order valence-corrected chi connectivity index (χ1v) is 10.5. The molecule has 1 amide bonds. The average molecular weight is 417 g/mol. The number of amides is 1. The Morgan fingerprint density at radius 1 is 1.10 bits per heavy atom. The van der Waals surface area contributed by atoms with Gasteiger partial charge in [0.15, 0.2) is 0 Å². The molecule has 6 heteroatoms. The van der Waals surface area contributed by atoms with Crippen LogP contribution < -0.4 is 14.8 Å². The number of piperidine rings is 1. The zero-order chi connectivity index (χ0) is 20.6. The topological polar surface area (TPSA) is 50.8 Å². The van der Waals surface area contributed by atoms with Crippen molar-refractivity contribution in [1.82, 2.24) is 10.2 Å². The zero-order valence-corrected chi connectivity index (χ0v) is 17.8. The van der Waals surface area contributed by atoms with E-state index in [4.69, 9.17) is 21.1 Å². The number of nitrogens with zero attached hydrogens (tertiary/aromatic N) is 1. The molecule has 2 aromatic carbocycles. The molecule has 156 valence electrons. The number of halogens is 1. The van der Waals surface area contributed by atoms with Crippen molar-refractivity contribution in [2.75, 3.05) is 26.8 Å². The second-order valence-electron chi connectivity index (χ2n) is 7.57. The Kier molecular flexibility index (Phi) is 7.78. The molecule has 1 atom stereocenters. The number of ether oxygens (including phenoxy) is 2. The van der Waals surface area contributed by atoms with Crippen molar-refractivity contribution in [2.45, 2.75) is 32.4 Å². The predicted molar refractivity (Wildman–Crippen MR) is 116 cm³/mol. The maximum atomic E-state index is 12.6. The summed E-state index contributed by atoms with van der Waals surface area (Å²) in [5.41, 5.74) is 1.25. The summed E-state index contributed by atoms with van der Waals surface area (Å²) in [5.74, 6) is 1.75. The molecule has 0 bridgehead atoms. The van der Waals surface area contributed by atoms with Crippen molar-refractivity contribution in [3.63, 3.8) is 0 Å². The number of carbonyl (C=O) groups is 1. The molecule has 0 spiro atoms. The van der Waals surface area contributed by atoms with E-state index in [0.29, 0.717) is 6.61 Å². The van der Waals surface area contributed by atoms with Gasteiger partial charge in [-0.1, -0.05) is 23.7 Å². The third-order valence-electron chi connectivity index (χ3n) is 5.23. The number of nitrogens with one attached hydrogen (secondary N) is 1. The van der Waals surface area contributed by atoms with E-state index in [0.717, 1.165) is 49.0 Å². The molecule has 1 aliphatic rings. The van der Waals surface area contributed by atoms with Gasteiger partial charge in [-0.15, -0.1) is 0 Å². The van der Waals surface area contributed by atoms with E-state index in [1.807, 2.05) is 43.3 Å². The van der Waals surface area contributed by atoms with Crippen molar-refractivity contribution in [2.24, 2.45) is 5.92 Å². The second kappa shape index (κ2) is 10.5. The summed E-state index contributed by atoms with van der Waals surface area (Å²) in [4.78, 5) is 15.0. The molecule has 1 aliphatic heterocycles. The van der Waals surface area contributed by atoms with Gasteiger partial charge in [-0.05, 0) is 74.8 Å². The first-order chi connectivity index (χ1) is 14.0. The number of methoxy groups -OCH3 is 1. The fraction of sp³-hybridized carbons (Fsp3) is 0.435. The Labute approximate surface area is 177 Å². The fourth-order valence-electron chi connectivity index (χ4n) is 3.50. The van der Waals surface area contributed by atoms with E-state index in [-0.39, 0.29) is 17.9 Å². The van der Waals surface area contributed by atoms with Crippen molar-refractivity contribution >= 4 is 17.5 Å². The SMILES string of the molecule is COc1ccc(OC[C@@H](C)NC(=O)C2CCN(Cc3ccc(Cl)cc3)CC2)cc1. The quantitative estimate of drug-likeness (QED) is 0.702. The molecule has 29 heavy (non-hydrogen) atoms. The molecular weight excluding hydrogens is 388 g/mol. The summed E-state index contributed by atoms with van der Waals surface area (Å²) in [6.07, 6.45) is 1.76. The van der Waals surface area contributed by atoms with Crippen LogP contribution in [0.15, 0.2) is 48.5 Å². The maximum Gasteiger partial charge on any atom is 0.223 e. The van der Waals surface area contributed by atoms with Crippen LogP contribution >= 0.6 is 11.6 Å². The molecule has 0 aromatic heterocycles. The molecule has 1 fully saturated rings. The minimum atomic E-state index is -0.0447. The van der Waals surface area contributed by atoms with Gasteiger partial charge in [-0.25, -0.2) is 0 Å². The molecular formula is C23H29ClN2O3. The van der Waals surface area contributed by atoms with Crippen LogP contribution in [0.5, 0.6) is 11.5 Å². The van der Waals surface area contributed by atoms with Gasteiger partial charge in [0.25, 0.3) is 0 Å². The summed E-state index contributed by atoms with van der Waals surface area (Å²) in [6.45, 7) is 5.16. The Hall–Kier alpha value is -2.24. The summed E-state index contributed by atoms with van der Waals surface area (Å²) in [6, 6.07) is 15.4. The summed E-state index contributed by atoms with van der Waals surface area (Å²) in [7, 11) is 1.63. The van der Waals surface area contributed by atoms with E-state index in [1.165, 1.54) is 5.56 Å². The third kappa shape index (κ3) is 6.65. The molecule has 3 rings (SSSR count). The first kappa shape index (κ1) is 21.5. The van der Waals surface area contributed by atoms with E-state index in [9.17, 15) is 4.79 Å². The average Bonchev–Trinajstić information content (AvgIpc) is 2.75. The van der Waals surface area contributed by atoms with Crippen LogP contribution in [0.3, 0.4) is 0 Å². The van der Waals surface area contributed by atoms with Crippen LogP contribution in [0, 0.1) is 5.92 Å². The van der Waals surface area contributed by atoms with Gasteiger partial charge in [0.2, 0.25) is 5.91 Å². The summed E-state index contributed by atoms with van der Waals surface area (Å²) < 4.78 is 10.9. The fourth-order valence-corrected chi connectivity index (χ4v) is 3.62. The molecule has 1 saturated heterocycles. The first-order valence-electron chi connectivity index (χ1n) is 10.1. The minimum absolute atomic E-state index is 0.0447. The molecule has 0 unspecified atom stereocenters. The van der Waals surface area contributed by atoms with Crippen LogP contribution in [-0.4, -0.2) is 43.7 Å². The molecule has 1 N–H and O–H groups in total. The van der Waals surface area contributed by atoms with Gasteiger partial charge in [0.05, 0.1) is 13.2 Å². The van der Waals surface area contributed by atoms with Gasteiger partial charge in [0, 0.05) is 17.5 Å². The highest BCUT2D eigenvalue weighted by atomic mass is 35.5. The van der Waals surface area contributed by atoms with Crippen LogP contribution in [0.1, 0.15) is 25.3 Å². The van der Waals surface area contributed by atoms with Gasteiger partial charge < -0.3 is 14.8 Å². The molecule has 0 radical (unpaired) electrons. The lowest BCUT2D eigenvalue weighted by atomic mass is 9.95. The number of benzene rings is 2. The number of carbonyl (C=O) groups excluding carboxylic acids is 1. The Balaban J connectivity index is 1.37. The smallest absolute Gasteiger partial charge is 0.223 e. The largest absolute Gasteiger partial charge is 0.497 e. The highest BCUT2D eigenvalue weighted by Gasteiger charge is 2.25. The normalized spacial score (nSPS) is 16.2. The Bertz CT molecular complexity index is 772. The van der Waals surface area contributed by atoms with Gasteiger partial charge >= 0.3 is 0 Å². The monoisotopic (exact) mass is 416 g/mol. The molecule has 5 nitrogen and oxygen atoms in total. The Morgan fingerprint density at radius 2 is 1.72 bits per heavy atom. The highest BCUT2D eigenvalue weighted by molar-refractivity contribution is 6.30. The molecule has 1 heterocycles. The number of hydrogen-bond donors (Lipinski definition) is 1.